The van der Waals surface area contributed by atoms with E-state index in [-0.39, 0.29) is 17.8 Å². The molecule has 3 rings (SSSR count). The topological polar surface area (TPSA) is 117 Å². The molecular weight excluding hydrogens is 358 g/mol. The number of nitrogen functional groups attached to an aromatic ring is 1. The van der Waals surface area contributed by atoms with Crippen LogP contribution < -0.4 is 16.0 Å². The highest BCUT2D eigenvalue weighted by Crippen LogP contribution is 2.33. The lowest BCUT2D eigenvalue weighted by Gasteiger charge is -2.33. The van der Waals surface area contributed by atoms with Gasteiger partial charge in [0.05, 0.1) is 0 Å². The van der Waals surface area contributed by atoms with Crippen molar-refractivity contribution in [2.45, 2.75) is 25.8 Å². The van der Waals surface area contributed by atoms with Crippen molar-refractivity contribution in [3.63, 3.8) is 0 Å². The van der Waals surface area contributed by atoms with E-state index in [0.29, 0.717) is 36.8 Å². The fourth-order valence-electron chi connectivity index (χ4n) is 3.11. The summed E-state index contributed by atoms with van der Waals surface area (Å²) < 4.78 is 0. The van der Waals surface area contributed by atoms with E-state index in [0.717, 1.165) is 12.8 Å². The van der Waals surface area contributed by atoms with E-state index in [2.05, 4.69) is 32.1 Å². The van der Waals surface area contributed by atoms with Crippen LogP contribution in [0.1, 0.15) is 19.8 Å². The first-order valence-electron chi connectivity index (χ1n) is 8.88. The van der Waals surface area contributed by atoms with E-state index >= 15 is 0 Å². The van der Waals surface area contributed by atoms with Gasteiger partial charge in [0, 0.05) is 25.3 Å². The lowest BCUT2D eigenvalue weighted by molar-refractivity contribution is -0.126. The summed E-state index contributed by atoms with van der Waals surface area (Å²) in [6.45, 7) is 2.79. The summed E-state index contributed by atoms with van der Waals surface area (Å²) in [5, 5.41) is 3.30. The number of likely N-dealkylation sites (tertiary alicyclic amines) is 1. The maximum atomic E-state index is 12.1. The van der Waals surface area contributed by atoms with Crippen molar-refractivity contribution in [2.75, 3.05) is 29.0 Å². The standard InChI is InChI=1S/C19H21N7O2/c1-2-6-16(28)25-10-5-7-14(11-25)24-19-17(18(20)22-12-23-19)26(13-27)15-8-3-4-9-21-15/h3-4,8-9,12-14H,5,7,10-11H2,1H3,(H3,20,22,23,24)/t14-/m1/s1. The average molecular weight is 379 g/mol. The molecule has 3 heterocycles. The lowest BCUT2D eigenvalue weighted by atomic mass is 10.1. The number of carbonyl (C=O) groups is 2. The highest BCUT2D eigenvalue weighted by Gasteiger charge is 2.26. The second-order valence-corrected chi connectivity index (χ2v) is 6.23. The molecule has 144 valence electrons. The number of nitrogens with one attached hydrogen (secondary N) is 1. The quantitative estimate of drug-likeness (QED) is 0.591. The number of aromatic nitrogens is 3. The van der Waals surface area contributed by atoms with Crippen molar-refractivity contribution in [2.24, 2.45) is 0 Å². The van der Waals surface area contributed by atoms with Crippen LogP contribution in [0.15, 0.2) is 30.7 Å². The zero-order valence-corrected chi connectivity index (χ0v) is 15.5. The van der Waals surface area contributed by atoms with Gasteiger partial charge in [0.1, 0.15) is 17.8 Å². The van der Waals surface area contributed by atoms with E-state index < -0.39 is 0 Å². The Bertz CT molecular complexity index is 907. The molecule has 1 aliphatic rings. The van der Waals surface area contributed by atoms with Gasteiger partial charge in [-0.05, 0) is 37.8 Å². The number of nitrogens with two attached hydrogens (primary N) is 1. The molecular formula is C19H21N7O2. The van der Waals surface area contributed by atoms with Crippen LogP contribution in [0.3, 0.4) is 0 Å². The number of rotatable bonds is 5. The molecule has 0 radical (unpaired) electrons. The first-order valence-corrected chi connectivity index (χ1v) is 8.88. The van der Waals surface area contributed by atoms with Gasteiger partial charge < -0.3 is 16.0 Å². The van der Waals surface area contributed by atoms with Crippen LogP contribution in [-0.4, -0.2) is 51.3 Å². The molecule has 2 amide bonds. The Morgan fingerprint density at radius 2 is 2.25 bits per heavy atom. The molecule has 1 fully saturated rings. The second kappa shape index (κ2) is 8.81. The maximum Gasteiger partial charge on any atom is 0.298 e. The Morgan fingerprint density at radius 3 is 2.96 bits per heavy atom. The first kappa shape index (κ1) is 19.1. The fourth-order valence-corrected chi connectivity index (χ4v) is 3.11. The van der Waals surface area contributed by atoms with Gasteiger partial charge in [-0.2, -0.15) is 0 Å². The zero-order chi connectivity index (χ0) is 19.9. The summed E-state index contributed by atoms with van der Waals surface area (Å²) in [5.41, 5.74) is 6.38. The molecule has 0 unspecified atom stereocenters. The van der Waals surface area contributed by atoms with Crippen LogP contribution >= 0.6 is 0 Å². The average Bonchev–Trinajstić information content (AvgIpc) is 2.72. The predicted molar refractivity (Wildman–Crippen MR) is 106 cm³/mol. The summed E-state index contributed by atoms with van der Waals surface area (Å²) in [6, 6.07) is 5.16. The van der Waals surface area contributed by atoms with Crippen LogP contribution in [-0.2, 0) is 9.59 Å². The van der Waals surface area contributed by atoms with Crippen molar-refractivity contribution in [1.29, 1.82) is 0 Å². The largest absolute Gasteiger partial charge is 0.382 e. The molecule has 2 aromatic heterocycles. The van der Waals surface area contributed by atoms with Crippen molar-refractivity contribution >= 4 is 35.5 Å². The lowest BCUT2D eigenvalue weighted by Crippen LogP contribution is -2.45. The minimum atomic E-state index is -0.195. The van der Waals surface area contributed by atoms with E-state index in [4.69, 9.17) is 5.73 Å². The highest BCUT2D eigenvalue weighted by molar-refractivity contribution is 5.95. The molecule has 0 aromatic carbocycles. The second-order valence-electron chi connectivity index (χ2n) is 6.23. The zero-order valence-electron chi connectivity index (χ0n) is 15.5. The third-order valence-electron chi connectivity index (χ3n) is 4.37. The van der Waals surface area contributed by atoms with Gasteiger partial charge >= 0.3 is 0 Å². The first-order chi connectivity index (χ1) is 13.6. The molecule has 28 heavy (non-hydrogen) atoms. The highest BCUT2D eigenvalue weighted by atomic mass is 16.2. The molecule has 1 saturated heterocycles. The number of pyridine rings is 1. The molecule has 0 spiro atoms. The Balaban J connectivity index is 1.87. The Morgan fingerprint density at radius 1 is 1.39 bits per heavy atom. The number of amides is 2. The third-order valence-corrected chi connectivity index (χ3v) is 4.37. The van der Waals surface area contributed by atoms with Crippen LogP contribution in [0.25, 0.3) is 0 Å². The van der Waals surface area contributed by atoms with Crippen molar-refractivity contribution < 1.29 is 9.59 Å². The van der Waals surface area contributed by atoms with Gasteiger partial charge in [0.2, 0.25) is 6.41 Å². The maximum absolute atomic E-state index is 12.1. The van der Waals surface area contributed by atoms with Gasteiger partial charge in [-0.1, -0.05) is 12.0 Å². The molecule has 9 nitrogen and oxygen atoms in total. The van der Waals surface area contributed by atoms with E-state index in [9.17, 15) is 9.59 Å². The number of anilines is 4. The Hall–Kier alpha value is -3.67. The molecule has 0 bridgehead atoms. The number of hydrogen-bond acceptors (Lipinski definition) is 7. The molecule has 1 atom stereocenters. The van der Waals surface area contributed by atoms with Gasteiger partial charge in [-0.15, -0.1) is 0 Å². The molecule has 3 N–H and O–H groups in total. The summed E-state index contributed by atoms with van der Waals surface area (Å²) >= 11 is 0. The molecule has 1 aliphatic heterocycles. The predicted octanol–water partition coefficient (Wildman–Crippen LogP) is 1.17. The number of hydrogen-bond donors (Lipinski definition) is 2. The minimum absolute atomic E-state index is 0.0540. The number of carbonyl (C=O) groups excluding carboxylic acids is 2. The van der Waals surface area contributed by atoms with Crippen LogP contribution in [0.4, 0.5) is 23.1 Å². The van der Waals surface area contributed by atoms with Crippen LogP contribution in [0, 0.1) is 11.8 Å². The van der Waals surface area contributed by atoms with Gasteiger partial charge in [0.25, 0.3) is 5.91 Å². The van der Waals surface area contributed by atoms with Gasteiger partial charge in [-0.3, -0.25) is 14.5 Å². The molecule has 9 heteroatoms. The van der Waals surface area contributed by atoms with E-state index in [1.165, 1.54) is 11.2 Å². The fraction of sp³-hybridized carbons (Fsp3) is 0.316. The van der Waals surface area contributed by atoms with Gasteiger partial charge in [0.15, 0.2) is 11.6 Å². The number of piperidine rings is 1. The summed E-state index contributed by atoms with van der Waals surface area (Å²) in [6.07, 6.45) is 5.21. The van der Waals surface area contributed by atoms with Crippen molar-refractivity contribution in [1.82, 2.24) is 19.9 Å². The van der Waals surface area contributed by atoms with E-state index in [1.54, 1.807) is 36.2 Å². The van der Waals surface area contributed by atoms with Crippen molar-refractivity contribution in [3.8, 4) is 11.8 Å². The molecule has 2 aromatic rings. The smallest absolute Gasteiger partial charge is 0.298 e. The molecule has 0 saturated carbocycles. The summed E-state index contributed by atoms with van der Waals surface area (Å²) in [7, 11) is 0. The molecule has 0 aliphatic carbocycles. The minimum Gasteiger partial charge on any atom is -0.382 e. The SMILES string of the molecule is CC#CC(=O)N1CCC[C@@H](Nc2ncnc(N)c2N(C=O)c2ccccn2)C1. The Labute approximate surface area is 163 Å². The van der Waals surface area contributed by atoms with Crippen LogP contribution in [0.5, 0.6) is 0 Å². The third kappa shape index (κ3) is 4.17. The summed E-state index contributed by atoms with van der Waals surface area (Å²) in [5.74, 6) is 5.97. The number of nitrogens with zero attached hydrogens (tertiary/aromatic N) is 5. The van der Waals surface area contributed by atoms with E-state index in [1.807, 2.05) is 0 Å². The van der Waals surface area contributed by atoms with Gasteiger partial charge in [-0.25, -0.2) is 15.0 Å². The summed E-state index contributed by atoms with van der Waals surface area (Å²) in [4.78, 5) is 39.4. The monoisotopic (exact) mass is 379 g/mol. The normalized spacial score (nSPS) is 15.9. The van der Waals surface area contributed by atoms with Crippen molar-refractivity contribution in [3.05, 3.63) is 30.7 Å². The van der Waals surface area contributed by atoms with Crippen LogP contribution in [0.2, 0.25) is 0 Å². The Kier molecular flexibility index (Phi) is 6.01.